The molecule has 0 heterocycles. The molecule has 0 bridgehead atoms. The average molecular weight is 280 g/mol. The van der Waals surface area contributed by atoms with Crippen LogP contribution in [0.1, 0.15) is 19.3 Å². The third-order valence-electron chi connectivity index (χ3n) is 2.50. The Morgan fingerprint density at radius 1 is 1.00 bits per heavy atom. The van der Waals surface area contributed by atoms with Crippen LogP contribution in [0.4, 0.5) is 22.0 Å². The van der Waals surface area contributed by atoms with Crippen molar-refractivity contribution in [1.29, 1.82) is 0 Å². The van der Waals surface area contributed by atoms with Gasteiger partial charge in [-0.1, -0.05) is 0 Å². The Hall–Kier alpha value is -0.213. The molecule has 0 aliphatic rings. The molecule has 0 amide bonds. The maximum absolute atomic E-state index is 12.9. The van der Waals surface area contributed by atoms with Crippen molar-refractivity contribution in [2.45, 2.75) is 44.0 Å². The SMILES string of the molecule is CO[Si](C)(CCCC(F)(F)CC(F)(F)F)OC. The van der Waals surface area contributed by atoms with Crippen LogP contribution in [0.25, 0.3) is 0 Å². The second-order valence-corrected chi connectivity index (χ2v) is 7.63. The number of rotatable bonds is 7. The lowest BCUT2D eigenvalue weighted by atomic mass is 10.1. The van der Waals surface area contributed by atoms with Crippen molar-refractivity contribution in [3.8, 4) is 0 Å². The van der Waals surface area contributed by atoms with Crippen molar-refractivity contribution in [2.24, 2.45) is 0 Å². The Bertz CT molecular complexity index is 228. The van der Waals surface area contributed by atoms with Gasteiger partial charge in [-0.25, -0.2) is 8.78 Å². The highest BCUT2D eigenvalue weighted by Gasteiger charge is 2.43. The van der Waals surface area contributed by atoms with Crippen molar-refractivity contribution in [1.82, 2.24) is 0 Å². The highest BCUT2D eigenvalue weighted by Crippen LogP contribution is 2.35. The summed E-state index contributed by atoms with van der Waals surface area (Å²) >= 11 is 0. The molecular weight excluding hydrogens is 263 g/mol. The quantitative estimate of drug-likeness (QED) is 0.522. The molecule has 0 atom stereocenters. The summed E-state index contributed by atoms with van der Waals surface area (Å²) in [5.74, 6) is -3.71. The van der Waals surface area contributed by atoms with Crippen molar-refractivity contribution in [2.75, 3.05) is 14.2 Å². The normalized spacial score (nSPS) is 14.1. The first-order chi connectivity index (χ1) is 7.54. The van der Waals surface area contributed by atoms with Crippen molar-refractivity contribution in [3.05, 3.63) is 0 Å². The van der Waals surface area contributed by atoms with Gasteiger partial charge in [-0.3, -0.25) is 0 Å². The van der Waals surface area contributed by atoms with Gasteiger partial charge in [0.15, 0.2) is 0 Å². The van der Waals surface area contributed by atoms with Gasteiger partial charge >= 0.3 is 14.7 Å². The Kier molecular flexibility index (Phi) is 6.02. The zero-order valence-corrected chi connectivity index (χ0v) is 11.0. The topological polar surface area (TPSA) is 18.5 Å². The van der Waals surface area contributed by atoms with Crippen LogP contribution in [0.3, 0.4) is 0 Å². The molecule has 0 aliphatic heterocycles. The molecule has 0 N–H and O–H groups in total. The molecule has 0 spiro atoms. The van der Waals surface area contributed by atoms with E-state index < -0.39 is 33.5 Å². The van der Waals surface area contributed by atoms with Crippen LogP contribution in [0.15, 0.2) is 0 Å². The predicted molar refractivity (Wildman–Crippen MR) is 55.3 cm³/mol. The summed E-state index contributed by atoms with van der Waals surface area (Å²) in [6.07, 6.45) is -7.76. The molecule has 0 rings (SSSR count). The van der Waals surface area contributed by atoms with E-state index in [0.29, 0.717) is 0 Å². The second kappa shape index (κ2) is 6.10. The lowest BCUT2D eigenvalue weighted by molar-refractivity contribution is -0.189. The molecule has 104 valence electrons. The van der Waals surface area contributed by atoms with E-state index in [1.54, 1.807) is 6.55 Å². The Morgan fingerprint density at radius 2 is 1.47 bits per heavy atom. The predicted octanol–water partition coefficient (Wildman–Crippen LogP) is 3.72. The third kappa shape index (κ3) is 7.66. The van der Waals surface area contributed by atoms with E-state index in [-0.39, 0.29) is 12.5 Å². The lowest BCUT2D eigenvalue weighted by Gasteiger charge is -2.24. The average Bonchev–Trinajstić information content (AvgIpc) is 2.13. The van der Waals surface area contributed by atoms with Gasteiger partial charge in [0.1, 0.15) is 6.42 Å². The zero-order valence-electron chi connectivity index (χ0n) is 10.0. The van der Waals surface area contributed by atoms with Gasteiger partial charge in [0, 0.05) is 20.6 Å². The molecule has 0 aromatic carbocycles. The van der Waals surface area contributed by atoms with Gasteiger partial charge in [-0.2, -0.15) is 13.2 Å². The van der Waals surface area contributed by atoms with E-state index in [1.807, 2.05) is 0 Å². The molecule has 17 heavy (non-hydrogen) atoms. The minimum atomic E-state index is -4.84. The molecular formula is C9H17F5O2Si. The molecule has 0 saturated heterocycles. The van der Waals surface area contributed by atoms with E-state index in [2.05, 4.69) is 0 Å². The summed E-state index contributed by atoms with van der Waals surface area (Å²) in [7, 11) is 0.342. The van der Waals surface area contributed by atoms with Crippen molar-refractivity contribution < 1.29 is 30.8 Å². The fraction of sp³-hybridized carbons (Fsp3) is 1.00. The van der Waals surface area contributed by atoms with Crippen LogP contribution in [0, 0.1) is 0 Å². The van der Waals surface area contributed by atoms with Crippen LogP contribution < -0.4 is 0 Å². The highest BCUT2D eigenvalue weighted by atomic mass is 28.4. The molecule has 8 heteroatoms. The van der Waals surface area contributed by atoms with E-state index in [9.17, 15) is 22.0 Å². The molecule has 0 aliphatic carbocycles. The minimum Gasteiger partial charge on any atom is -0.398 e. The first-order valence-electron chi connectivity index (χ1n) is 5.08. The summed E-state index contributed by atoms with van der Waals surface area (Å²) in [5.41, 5.74) is 0. The molecule has 0 aromatic heterocycles. The summed E-state index contributed by atoms with van der Waals surface area (Å²) in [4.78, 5) is 0. The Morgan fingerprint density at radius 3 is 1.82 bits per heavy atom. The van der Waals surface area contributed by atoms with Crippen LogP contribution in [-0.4, -0.2) is 34.9 Å². The molecule has 0 aromatic rings. The summed E-state index contributed by atoms with van der Waals surface area (Å²) < 4.78 is 71.4. The first-order valence-corrected chi connectivity index (χ1v) is 7.61. The molecule has 0 fully saturated rings. The minimum absolute atomic E-state index is 0.0481. The molecule has 0 radical (unpaired) electrons. The summed E-state index contributed by atoms with van der Waals surface area (Å²) in [6.45, 7) is 1.68. The van der Waals surface area contributed by atoms with Gasteiger partial charge in [0.25, 0.3) is 5.92 Å². The third-order valence-corrected chi connectivity index (χ3v) is 5.49. The monoisotopic (exact) mass is 280 g/mol. The van der Waals surface area contributed by atoms with Gasteiger partial charge in [-0.05, 0) is 19.0 Å². The van der Waals surface area contributed by atoms with Crippen molar-refractivity contribution >= 4 is 8.56 Å². The standard InChI is InChI=1S/C9H17F5O2Si/c1-15-17(3,16-2)6-4-5-8(10,11)7-9(12,13)14/h4-7H2,1-3H3. The summed E-state index contributed by atoms with van der Waals surface area (Å²) in [6, 6.07) is 0.243. The smallest absolute Gasteiger partial charge is 0.394 e. The molecule has 0 saturated carbocycles. The van der Waals surface area contributed by atoms with Crippen LogP contribution in [0.5, 0.6) is 0 Å². The Labute approximate surface area is 98.3 Å². The van der Waals surface area contributed by atoms with E-state index in [0.717, 1.165) is 0 Å². The van der Waals surface area contributed by atoms with Crippen molar-refractivity contribution in [3.63, 3.8) is 0 Å². The van der Waals surface area contributed by atoms with E-state index in [1.165, 1.54) is 14.2 Å². The first kappa shape index (κ1) is 16.8. The number of hydrogen-bond donors (Lipinski definition) is 0. The fourth-order valence-corrected chi connectivity index (χ4v) is 2.73. The summed E-state index contributed by atoms with van der Waals surface area (Å²) in [5, 5.41) is 0. The fourth-order valence-electron chi connectivity index (χ4n) is 1.34. The lowest BCUT2D eigenvalue weighted by Crippen LogP contribution is -2.36. The number of alkyl halides is 5. The maximum Gasteiger partial charge on any atom is 0.394 e. The van der Waals surface area contributed by atoms with Gasteiger partial charge in [-0.15, -0.1) is 0 Å². The van der Waals surface area contributed by atoms with Gasteiger partial charge in [0.2, 0.25) is 0 Å². The van der Waals surface area contributed by atoms with E-state index >= 15 is 0 Å². The highest BCUT2D eigenvalue weighted by molar-refractivity contribution is 6.65. The molecule has 2 nitrogen and oxygen atoms in total. The number of halogens is 5. The van der Waals surface area contributed by atoms with E-state index in [4.69, 9.17) is 8.85 Å². The zero-order chi connectivity index (χ0) is 13.7. The molecule has 0 unspecified atom stereocenters. The van der Waals surface area contributed by atoms with Crippen LogP contribution in [0.2, 0.25) is 12.6 Å². The largest absolute Gasteiger partial charge is 0.398 e. The van der Waals surface area contributed by atoms with Gasteiger partial charge in [0.05, 0.1) is 0 Å². The van der Waals surface area contributed by atoms with Crippen LogP contribution in [-0.2, 0) is 8.85 Å². The second-order valence-electron chi connectivity index (χ2n) is 4.04. The van der Waals surface area contributed by atoms with Crippen LogP contribution >= 0.6 is 0 Å². The Balaban J connectivity index is 4.11. The maximum atomic E-state index is 12.9. The number of hydrogen-bond acceptors (Lipinski definition) is 2. The van der Waals surface area contributed by atoms with Gasteiger partial charge < -0.3 is 8.85 Å².